The third-order valence-corrected chi connectivity index (χ3v) is 4.02. The van der Waals surface area contributed by atoms with Gasteiger partial charge in [0.15, 0.2) is 6.61 Å². The Morgan fingerprint density at radius 1 is 1.33 bits per heavy atom. The number of benzene rings is 1. The Kier molecular flexibility index (Phi) is 7.93. The van der Waals surface area contributed by atoms with Crippen molar-refractivity contribution in [1.29, 1.82) is 0 Å². The lowest BCUT2D eigenvalue weighted by Crippen LogP contribution is -2.31. The summed E-state index contributed by atoms with van der Waals surface area (Å²) in [5.74, 6) is -0.360. The standard InChI is InChI=1S/C14H17Cl2NO3S/c1-9(2)6-17-13(18)7-20-14(19)8-21-12-5-10(15)3-4-11(12)16/h3-5,9H,6-8H2,1-2H3,(H,17,18). The van der Waals surface area contributed by atoms with Crippen LogP contribution in [-0.2, 0) is 14.3 Å². The molecular weight excluding hydrogens is 333 g/mol. The van der Waals surface area contributed by atoms with Crippen molar-refractivity contribution in [2.45, 2.75) is 18.7 Å². The maximum absolute atomic E-state index is 11.6. The predicted octanol–water partition coefficient (Wildman–Crippen LogP) is 3.40. The Bertz CT molecular complexity index is 509. The number of thioether (sulfide) groups is 1. The normalized spacial score (nSPS) is 10.5. The maximum Gasteiger partial charge on any atom is 0.316 e. The number of nitrogens with one attached hydrogen (secondary N) is 1. The molecule has 4 nitrogen and oxygen atoms in total. The minimum Gasteiger partial charge on any atom is -0.455 e. The van der Waals surface area contributed by atoms with Crippen LogP contribution in [0.15, 0.2) is 23.1 Å². The summed E-state index contributed by atoms with van der Waals surface area (Å²) in [6.07, 6.45) is 0. The van der Waals surface area contributed by atoms with E-state index in [0.717, 1.165) is 0 Å². The van der Waals surface area contributed by atoms with Crippen LogP contribution in [0, 0.1) is 5.92 Å². The molecule has 0 aromatic heterocycles. The quantitative estimate of drug-likeness (QED) is 0.605. The first kappa shape index (κ1) is 18.1. The topological polar surface area (TPSA) is 55.4 Å². The first-order valence-electron chi connectivity index (χ1n) is 6.38. The molecule has 1 aromatic carbocycles. The molecular formula is C14H17Cl2NO3S. The second kappa shape index (κ2) is 9.18. The molecule has 0 aliphatic carbocycles. The number of halogens is 2. The van der Waals surface area contributed by atoms with Gasteiger partial charge in [-0.15, -0.1) is 11.8 Å². The summed E-state index contributed by atoms with van der Waals surface area (Å²) in [5.41, 5.74) is 0. The van der Waals surface area contributed by atoms with Gasteiger partial charge < -0.3 is 10.1 Å². The first-order valence-corrected chi connectivity index (χ1v) is 8.12. The summed E-state index contributed by atoms with van der Waals surface area (Å²) >= 11 is 13.1. The summed E-state index contributed by atoms with van der Waals surface area (Å²) in [5, 5.41) is 3.73. The zero-order chi connectivity index (χ0) is 15.8. The number of hydrogen-bond donors (Lipinski definition) is 1. The molecule has 0 radical (unpaired) electrons. The molecule has 1 aromatic rings. The molecule has 116 valence electrons. The van der Waals surface area contributed by atoms with Crippen LogP contribution in [0.2, 0.25) is 10.0 Å². The van der Waals surface area contributed by atoms with Crippen molar-refractivity contribution in [2.24, 2.45) is 5.92 Å². The number of esters is 1. The van der Waals surface area contributed by atoms with E-state index in [-0.39, 0.29) is 18.3 Å². The molecule has 21 heavy (non-hydrogen) atoms. The smallest absolute Gasteiger partial charge is 0.316 e. The Morgan fingerprint density at radius 3 is 2.71 bits per heavy atom. The molecule has 0 aliphatic heterocycles. The highest BCUT2D eigenvalue weighted by Gasteiger charge is 2.10. The molecule has 0 heterocycles. The molecule has 1 rings (SSSR count). The van der Waals surface area contributed by atoms with E-state index in [2.05, 4.69) is 5.32 Å². The summed E-state index contributed by atoms with van der Waals surface area (Å²) in [4.78, 5) is 23.6. The third-order valence-electron chi connectivity index (χ3n) is 2.31. The number of carbonyl (C=O) groups excluding carboxylic acids is 2. The Labute approximate surface area is 138 Å². The van der Waals surface area contributed by atoms with Gasteiger partial charge in [0.2, 0.25) is 0 Å². The Balaban J connectivity index is 2.31. The van der Waals surface area contributed by atoms with E-state index < -0.39 is 5.97 Å². The average Bonchev–Trinajstić information content (AvgIpc) is 2.43. The molecule has 0 saturated heterocycles. The van der Waals surface area contributed by atoms with Gasteiger partial charge >= 0.3 is 5.97 Å². The average molecular weight is 350 g/mol. The third kappa shape index (κ3) is 7.60. The van der Waals surface area contributed by atoms with Crippen LogP contribution in [0.4, 0.5) is 0 Å². The first-order chi connectivity index (χ1) is 9.88. The minimum atomic E-state index is -0.476. The number of ether oxygens (including phenoxy) is 1. The molecule has 0 aliphatic rings. The molecule has 1 N–H and O–H groups in total. The van der Waals surface area contributed by atoms with Gasteiger partial charge in [0, 0.05) is 16.5 Å². The lowest BCUT2D eigenvalue weighted by Gasteiger charge is -2.08. The van der Waals surface area contributed by atoms with Crippen LogP contribution in [0.5, 0.6) is 0 Å². The summed E-state index contributed by atoms with van der Waals surface area (Å²) < 4.78 is 4.88. The largest absolute Gasteiger partial charge is 0.455 e. The van der Waals surface area contributed by atoms with E-state index in [4.69, 9.17) is 27.9 Å². The number of amides is 1. The van der Waals surface area contributed by atoms with Crippen molar-refractivity contribution < 1.29 is 14.3 Å². The summed E-state index contributed by atoms with van der Waals surface area (Å²) in [6, 6.07) is 5.01. The van der Waals surface area contributed by atoms with Crippen molar-refractivity contribution >= 4 is 46.8 Å². The molecule has 0 spiro atoms. The van der Waals surface area contributed by atoms with Crippen LogP contribution in [0.1, 0.15) is 13.8 Å². The van der Waals surface area contributed by atoms with Gasteiger partial charge in [-0.1, -0.05) is 37.0 Å². The predicted molar refractivity (Wildman–Crippen MR) is 86.0 cm³/mol. The van der Waals surface area contributed by atoms with Gasteiger partial charge in [-0.2, -0.15) is 0 Å². The van der Waals surface area contributed by atoms with Gasteiger partial charge in [-0.3, -0.25) is 9.59 Å². The number of hydrogen-bond acceptors (Lipinski definition) is 4. The molecule has 0 atom stereocenters. The van der Waals surface area contributed by atoms with Crippen LogP contribution >= 0.6 is 35.0 Å². The van der Waals surface area contributed by atoms with Crippen LogP contribution in [-0.4, -0.2) is 30.8 Å². The fraction of sp³-hybridized carbons (Fsp3) is 0.429. The zero-order valence-corrected chi connectivity index (χ0v) is 14.1. The van der Waals surface area contributed by atoms with E-state index in [9.17, 15) is 9.59 Å². The SMILES string of the molecule is CC(C)CNC(=O)COC(=O)CSc1cc(Cl)ccc1Cl. The molecule has 0 bridgehead atoms. The lowest BCUT2D eigenvalue weighted by molar-refractivity contribution is -0.145. The minimum absolute atomic E-state index is 0.0670. The van der Waals surface area contributed by atoms with Crippen LogP contribution in [0.25, 0.3) is 0 Å². The fourth-order valence-corrected chi connectivity index (χ4v) is 2.57. The van der Waals surface area contributed by atoms with Crippen molar-refractivity contribution in [1.82, 2.24) is 5.32 Å². The Morgan fingerprint density at radius 2 is 2.05 bits per heavy atom. The van der Waals surface area contributed by atoms with E-state index >= 15 is 0 Å². The monoisotopic (exact) mass is 349 g/mol. The van der Waals surface area contributed by atoms with Crippen molar-refractivity contribution in [3.8, 4) is 0 Å². The molecule has 1 amide bonds. The molecule has 7 heteroatoms. The highest BCUT2D eigenvalue weighted by molar-refractivity contribution is 8.00. The van der Waals surface area contributed by atoms with Crippen LogP contribution in [0.3, 0.4) is 0 Å². The highest BCUT2D eigenvalue weighted by Crippen LogP contribution is 2.29. The highest BCUT2D eigenvalue weighted by atomic mass is 35.5. The van der Waals surface area contributed by atoms with E-state index in [0.29, 0.717) is 27.4 Å². The van der Waals surface area contributed by atoms with E-state index in [1.54, 1.807) is 18.2 Å². The zero-order valence-electron chi connectivity index (χ0n) is 11.8. The van der Waals surface area contributed by atoms with Crippen molar-refractivity contribution in [3.63, 3.8) is 0 Å². The number of rotatable bonds is 7. The van der Waals surface area contributed by atoms with Gasteiger partial charge in [0.05, 0.1) is 10.8 Å². The Hall–Kier alpha value is -0.910. The van der Waals surface area contributed by atoms with Crippen LogP contribution < -0.4 is 5.32 Å². The van der Waals surface area contributed by atoms with Crippen molar-refractivity contribution in [3.05, 3.63) is 28.2 Å². The molecule has 0 fully saturated rings. The van der Waals surface area contributed by atoms with Crippen molar-refractivity contribution in [2.75, 3.05) is 18.9 Å². The van der Waals surface area contributed by atoms with Gasteiger partial charge in [-0.05, 0) is 24.1 Å². The maximum atomic E-state index is 11.6. The van der Waals surface area contributed by atoms with Gasteiger partial charge in [0.1, 0.15) is 0 Å². The van der Waals surface area contributed by atoms with E-state index in [1.807, 2.05) is 13.8 Å². The summed E-state index contributed by atoms with van der Waals surface area (Å²) in [6.45, 7) is 4.26. The lowest BCUT2D eigenvalue weighted by atomic mass is 10.2. The fourth-order valence-electron chi connectivity index (χ4n) is 1.28. The summed E-state index contributed by atoms with van der Waals surface area (Å²) in [7, 11) is 0. The van der Waals surface area contributed by atoms with Gasteiger partial charge in [-0.25, -0.2) is 0 Å². The second-order valence-electron chi connectivity index (χ2n) is 4.72. The second-order valence-corrected chi connectivity index (χ2v) is 6.58. The van der Waals surface area contributed by atoms with E-state index in [1.165, 1.54) is 11.8 Å². The molecule has 0 unspecified atom stereocenters. The van der Waals surface area contributed by atoms with Gasteiger partial charge in [0.25, 0.3) is 5.91 Å². The number of carbonyl (C=O) groups is 2. The molecule has 0 saturated carbocycles.